The highest BCUT2D eigenvalue weighted by molar-refractivity contribution is 5.81. The van der Waals surface area contributed by atoms with Crippen LogP contribution in [0.3, 0.4) is 0 Å². The van der Waals surface area contributed by atoms with Gasteiger partial charge in [0.2, 0.25) is 5.95 Å². The highest BCUT2D eigenvalue weighted by Crippen LogP contribution is 2.32. The van der Waals surface area contributed by atoms with E-state index in [9.17, 15) is 9.65 Å². The minimum atomic E-state index is -1.02. The molecule has 0 spiro atoms. The van der Waals surface area contributed by atoms with E-state index in [1.54, 1.807) is 24.4 Å². The Hall–Kier alpha value is -3.49. The minimum Gasteiger partial charge on any atom is -0.340 e. The lowest BCUT2D eigenvalue weighted by atomic mass is 10.1. The summed E-state index contributed by atoms with van der Waals surface area (Å²) in [6, 6.07) is 12.4. The normalized spacial score (nSPS) is 20.2. The van der Waals surface area contributed by atoms with E-state index in [4.69, 9.17) is 16.0 Å². The van der Waals surface area contributed by atoms with Gasteiger partial charge >= 0.3 is 0 Å². The molecule has 0 aliphatic carbocycles. The number of halogens is 1. The molecule has 8 heteroatoms. The van der Waals surface area contributed by atoms with Crippen molar-refractivity contribution >= 4 is 17.0 Å². The molecule has 2 N–H and O–H groups in total. The van der Waals surface area contributed by atoms with Crippen LogP contribution in [0.5, 0.6) is 0 Å². The molecule has 3 heterocycles. The van der Waals surface area contributed by atoms with Crippen molar-refractivity contribution in [2.45, 2.75) is 31.6 Å². The van der Waals surface area contributed by atoms with Crippen molar-refractivity contribution < 1.29 is 4.39 Å². The van der Waals surface area contributed by atoms with Crippen molar-refractivity contribution in [2.75, 3.05) is 18.0 Å². The topological polar surface area (TPSA) is 108 Å². The molecular weight excluding hydrogens is 369 g/mol. The Morgan fingerprint density at radius 1 is 1.21 bits per heavy atom. The number of rotatable bonds is 3. The molecule has 7 nitrogen and oxygen atoms in total. The molecule has 1 fully saturated rings. The second-order valence-corrected chi connectivity index (χ2v) is 7.27. The second kappa shape index (κ2) is 7.50. The molecule has 0 bridgehead atoms. The zero-order valence-electron chi connectivity index (χ0n) is 16.0. The van der Waals surface area contributed by atoms with Gasteiger partial charge < -0.3 is 15.2 Å². The Labute approximate surface area is 167 Å². The first-order chi connectivity index (χ1) is 14.0. The summed E-state index contributed by atoms with van der Waals surface area (Å²) in [5.74, 6) is 0.677. The van der Waals surface area contributed by atoms with Gasteiger partial charge in [0.15, 0.2) is 0 Å². The molecule has 0 saturated carbocycles. The number of fused-ring (bicyclic) bond motifs is 1. The summed E-state index contributed by atoms with van der Waals surface area (Å²) < 4.78 is 16.0. The molecule has 29 heavy (non-hydrogen) atoms. The van der Waals surface area contributed by atoms with Crippen molar-refractivity contribution in [1.29, 1.82) is 10.5 Å². The van der Waals surface area contributed by atoms with E-state index < -0.39 is 12.2 Å². The summed E-state index contributed by atoms with van der Waals surface area (Å²) in [5, 5.41) is 18.3. The molecule has 1 aliphatic rings. The molecule has 3 atom stereocenters. The number of nitrogens with zero attached hydrogens (tertiary/aromatic N) is 6. The Bertz CT molecular complexity index is 1120. The van der Waals surface area contributed by atoms with Gasteiger partial charge in [-0.1, -0.05) is 0 Å². The van der Waals surface area contributed by atoms with Gasteiger partial charge in [0, 0.05) is 19.3 Å². The first-order valence-corrected chi connectivity index (χ1v) is 9.44. The van der Waals surface area contributed by atoms with E-state index in [1.807, 2.05) is 28.5 Å². The van der Waals surface area contributed by atoms with Crippen LogP contribution in [0.1, 0.15) is 36.2 Å². The largest absolute Gasteiger partial charge is 0.340 e. The number of anilines is 1. The smallest absolute Gasteiger partial charge is 0.207 e. The fraction of sp³-hybridized carbons (Fsp3) is 0.333. The van der Waals surface area contributed by atoms with Gasteiger partial charge in [-0.3, -0.25) is 4.98 Å². The standard InChI is InChI=1S/C21H20FN7/c1-13(18-4-2-15(10-24)11-26-18)29-20-5-3-14(9-23)8-19(20)27-21(29)28-7-6-16(22)17(25)12-28/h2-5,8,11,13,16-17H,6-7,12,25H2,1H3/t13-,16+,17+/m0/s1. The zero-order valence-corrected chi connectivity index (χ0v) is 16.0. The summed E-state index contributed by atoms with van der Waals surface area (Å²) in [5.41, 5.74) is 9.31. The molecule has 0 radical (unpaired) electrons. The number of benzene rings is 1. The maximum Gasteiger partial charge on any atom is 0.207 e. The third-order valence-corrected chi connectivity index (χ3v) is 5.38. The summed E-state index contributed by atoms with van der Waals surface area (Å²) in [4.78, 5) is 11.2. The number of piperidine rings is 1. The third-order valence-electron chi connectivity index (χ3n) is 5.38. The van der Waals surface area contributed by atoms with Crippen molar-refractivity contribution in [3.8, 4) is 12.1 Å². The van der Waals surface area contributed by atoms with Crippen LogP contribution in [-0.2, 0) is 0 Å². The lowest BCUT2D eigenvalue weighted by molar-refractivity contribution is 0.243. The van der Waals surface area contributed by atoms with Gasteiger partial charge in [-0.25, -0.2) is 9.37 Å². The summed E-state index contributed by atoms with van der Waals surface area (Å²) in [6.07, 6.45) is 0.868. The van der Waals surface area contributed by atoms with E-state index in [2.05, 4.69) is 17.1 Å². The number of aromatic nitrogens is 3. The Morgan fingerprint density at radius 2 is 1.97 bits per heavy atom. The molecule has 146 valence electrons. The third kappa shape index (κ3) is 3.39. The van der Waals surface area contributed by atoms with Crippen molar-refractivity contribution in [1.82, 2.24) is 14.5 Å². The van der Waals surface area contributed by atoms with Crippen LogP contribution in [0.15, 0.2) is 36.5 Å². The molecule has 4 rings (SSSR count). The van der Waals surface area contributed by atoms with Gasteiger partial charge in [-0.05, 0) is 43.7 Å². The van der Waals surface area contributed by atoms with E-state index in [1.165, 1.54) is 0 Å². The van der Waals surface area contributed by atoms with Gasteiger partial charge in [0.25, 0.3) is 0 Å². The fourth-order valence-corrected chi connectivity index (χ4v) is 3.75. The Balaban J connectivity index is 1.83. The van der Waals surface area contributed by atoms with E-state index in [-0.39, 0.29) is 6.04 Å². The average Bonchev–Trinajstić information content (AvgIpc) is 3.13. The molecular formula is C21H20FN7. The van der Waals surface area contributed by atoms with Gasteiger partial charge in [0.05, 0.1) is 46.0 Å². The van der Waals surface area contributed by atoms with Crippen LogP contribution in [0.25, 0.3) is 11.0 Å². The number of imidazole rings is 1. The number of pyridine rings is 1. The fourth-order valence-electron chi connectivity index (χ4n) is 3.75. The maximum atomic E-state index is 13.9. The molecule has 1 saturated heterocycles. The van der Waals surface area contributed by atoms with Gasteiger partial charge in [-0.2, -0.15) is 10.5 Å². The zero-order chi connectivity index (χ0) is 20.5. The highest BCUT2D eigenvalue weighted by Gasteiger charge is 2.30. The highest BCUT2D eigenvalue weighted by atomic mass is 19.1. The van der Waals surface area contributed by atoms with Crippen molar-refractivity contribution in [2.24, 2.45) is 5.73 Å². The van der Waals surface area contributed by atoms with Crippen molar-refractivity contribution in [3.63, 3.8) is 0 Å². The van der Waals surface area contributed by atoms with Crippen LogP contribution in [0.4, 0.5) is 10.3 Å². The van der Waals surface area contributed by atoms with E-state index in [0.717, 1.165) is 11.2 Å². The predicted molar refractivity (Wildman–Crippen MR) is 107 cm³/mol. The summed E-state index contributed by atoms with van der Waals surface area (Å²) in [7, 11) is 0. The first kappa shape index (κ1) is 18.9. The molecule has 1 aromatic carbocycles. The maximum absolute atomic E-state index is 13.9. The number of hydrogen-bond acceptors (Lipinski definition) is 6. The monoisotopic (exact) mass is 389 g/mol. The van der Waals surface area contributed by atoms with Crippen LogP contribution in [0.2, 0.25) is 0 Å². The predicted octanol–water partition coefficient (Wildman–Crippen LogP) is 2.66. The van der Waals surface area contributed by atoms with Gasteiger partial charge in [0.1, 0.15) is 12.2 Å². The molecule has 2 aromatic heterocycles. The minimum absolute atomic E-state index is 0.185. The first-order valence-electron chi connectivity index (χ1n) is 9.44. The SMILES string of the molecule is C[C@@H](c1ccc(C#N)cn1)n1c(N2CC[C@@H](F)[C@H](N)C2)nc2cc(C#N)ccc21. The summed E-state index contributed by atoms with van der Waals surface area (Å²) in [6.45, 7) is 2.87. The van der Waals surface area contributed by atoms with Crippen LogP contribution >= 0.6 is 0 Å². The van der Waals surface area contributed by atoms with Crippen LogP contribution < -0.4 is 10.6 Å². The lowest BCUT2D eigenvalue weighted by Crippen LogP contribution is -2.50. The average molecular weight is 389 g/mol. The van der Waals surface area contributed by atoms with Crippen LogP contribution in [-0.4, -0.2) is 39.8 Å². The molecule has 0 unspecified atom stereocenters. The Morgan fingerprint density at radius 3 is 2.62 bits per heavy atom. The molecule has 3 aromatic rings. The number of hydrogen-bond donors (Lipinski definition) is 1. The molecule has 1 aliphatic heterocycles. The number of nitrogens with two attached hydrogens (primary N) is 1. The van der Waals surface area contributed by atoms with E-state index >= 15 is 0 Å². The lowest BCUT2D eigenvalue weighted by Gasteiger charge is -2.34. The van der Waals surface area contributed by atoms with Gasteiger partial charge in [-0.15, -0.1) is 0 Å². The van der Waals surface area contributed by atoms with E-state index in [0.29, 0.717) is 42.1 Å². The van der Waals surface area contributed by atoms with Crippen molar-refractivity contribution in [3.05, 3.63) is 53.3 Å². The summed E-state index contributed by atoms with van der Waals surface area (Å²) >= 11 is 0. The number of alkyl halides is 1. The number of nitriles is 2. The van der Waals surface area contributed by atoms with Crippen LogP contribution in [0, 0.1) is 22.7 Å². The Kier molecular flexibility index (Phi) is 4.87. The quantitative estimate of drug-likeness (QED) is 0.738. The second-order valence-electron chi connectivity index (χ2n) is 7.27. The molecule has 0 amide bonds.